The predicted octanol–water partition coefficient (Wildman–Crippen LogP) is 3.21. The number of nitrogens with one attached hydrogen (secondary N) is 2. The van der Waals surface area contributed by atoms with E-state index in [4.69, 9.17) is 11.6 Å². The van der Waals surface area contributed by atoms with Crippen LogP contribution in [0.1, 0.15) is 11.3 Å². The van der Waals surface area contributed by atoms with Gasteiger partial charge in [0.1, 0.15) is 0 Å². The maximum Gasteiger partial charge on any atom is 0.242 e. The van der Waals surface area contributed by atoms with Crippen molar-refractivity contribution in [3.8, 4) is 0 Å². The molecule has 1 aromatic carbocycles. The molecule has 0 radical (unpaired) electrons. The van der Waals surface area contributed by atoms with Gasteiger partial charge in [-0.05, 0) is 18.2 Å². The molecular formula is C18H17ClN4O. The van der Waals surface area contributed by atoms with Gasteiger partial charge in [-0.25, -0.2) is 0 Å². The molecule has 0 atom stereocenters. The number of hydrogen-bond donors (Lipinski definition) is 2. The minimum Gasteiger partial charge on any atom is -0.375 e. The van der Waals surface area contributed by atoms with Crippen molar-refractivity contribution in [2.24, 2.45) is 0 Å². The number of carbonyl (C=O) groups excluding carboxylic acids is 1. The number of hydrogen-bond acceptors (Lipinski definition) is 3. The molecule has 122 valence electrons. The first-order chi connectivity index (χ1) is 11.7. The average molecular weight is 341 g/mol. The first-order valence-corrected chi connectivity index (χ1v) is 8.30. The molecule has 6 heteroatoms. The molecular weight excluding hydrogens is 324 g/mol. The number of carbonyl (C=O) groups is 1. The summed E-state index contributed by atoms with van der Waals surface area (Å²) in [6, 6.07) is 9.63. The Kier molecular flexibility index (Phi) is 3.86. The number of fused-ring (bicyclic) bond motifs is 3. The Hall–Kier alpha value is -2.53. The summed E-state index contributed by atoms with van der Waals surface area (Å²) < 4.78 is 0. The molecule has 0 unspecified atom stereocenters. The van der Waals surface area contributed by atoms with Crippen molar-refractivity contribution in [2.45, 2.75) is 13.0 Å². The molecule has 3 heterocycles. The average Bonchev–Trinajstić information content (AvgIpc) is 3.00. The number of amides is 1. The summed E-state index contributed by atoms with van der Waals surface area (Å²) in [6.07, 6.45) is 4.24. The van der Waals surface area contributed by atoms with Crippen molar-refractivity contribution in [1.82, 2.24) is 14.9 Å². The van der Waals surface area contributed by atoms with Crippen LogP contribution >= 0.6 is 11.6 Å². The van der Waals surface area contributed by atoms with Gasteiger partial charge in [0, 0.05) is 48.5 Å². The molecule has 0 bridgehead atoms. The minimum absolute atomic E-state index is 0.0841. The van der Waals surface area contributed by atoms with Crippen molar-refractivity contribution in [3.63, 3.8) is 0 Å². The smallest absolute Gasteiger partial charge is 0.242 e. The van der Waals surface area contributed by atoms with E-state index in [0.29, 0.717) is 13.1 Å². The Bertz CT molecular complexity index is 891. The Labute approximate surface area is 144 Å². The molecule has 1 aliphatic heterocycles. The van der Waals surface area contributed by atoms with Crippen molar-refractivity contribution in [3.05, 3.63) is 59.0 Å². The highest BCUT2D eigenvalue weighted by Gasteiger charge is 2.24. The van der Waals surface area contributed by atoms with Gasteiger partial charge in [0.2, 0.25) is 5.91 Å². The molecule has 4 rings (SSSR count). The van der Waals surface area contributed by atoms with E-state index in [-0.39, 0.29) is 12.5 Å². The molecule has 0 saturated carbocycles. The van der Waals surface area contributed by atoms with Gasteiger partial charge >= 0.3 is 0 Å². The summed E-state index contributed by atoms with van der Waals surface area (Å²) in [7, 11) is 0. The van der Waals surface area contributed by atoms with Crippen LogP contribution in [0.4, 0.5) is 5.69 Å². The number of pyridine rings is 1. The van der Waals surface area contributed by atoms with E-state index < -0.39 is 0 Å². The quantitative estimate of drug-likeness (QED) is 0.769. The van der Waals surface area contributed by atoms with Crippen molar-refractivity contribution in [2.75, 3.05) is 18.4 Å². The Morgan fingerprint density at radius 1 is 1.33 bits per heavy atom. The van der Waals surface area contributed by atoms with Crippen molar-refractivity contribution in [1.29, 1.82) is 0 Å². The van der Waals surface area contributed by atoms with Gasteiger partial charge in [0.15, 0.2) is 0 Å². The zero-order chi connectivity index (χ0) is 16.5. The summed E-state index contributed by atoms with van der Waals surface area (Å²) in [6.45, 7) is 1.60. The molecule has 1 aliphatic rings. The topological polar surface area (TPSA) is 61.0 Å². The van der Waals surface area contributed by atoms with Crippen molar-refractivity contribution < 1.29 is 4.79 Å². The minimum atomic E-state index is 0.0841. The summed E-state index contributed by atoms with van der Waals surface area (Å²) in [5, 5.41) is 4.95. The Balaban J connectivity index is 1.50. The van der Waals surface area contributed by atoms with Crippen LogP contribution in [-0.4, -0.2) is 33.9 Å². The van der Waals surface area contributed by atoms with Gasteiger partial charge in [-0.1, -0.05) is 23.7 Å². The van der Waals surface area contributed by atoms with Crippen LogP contribution in [0.25, 0.3) is 10.9 Å². The molecule has 2 aromatic heterocycles. The third kappa shape index (κ3) is 2.71. The van der Waals surface area contributed by atoms with Crippen LogP contribution in [0.2, 0.25) is 5.02 Å². The highest BCUT2D eigenvalue weighted by Crippen LogP contribution is 2.31. The number of benzene rings is 1. The van der Waals surface area contributed by atoms with Crippen LogP contribution in [0, 0.1) is 0 Å². The van der Waals surface area contributed by atoms with Crippen molar-refractivity contribution >= 4 is 34.1 Å². The highest BCUT2D eigenvalue weighted by molar-refractivity contribution is 6.35. The lowest BCUT2D eigenvalue weighted by Gasteiger charge is -2.27. The lowest BCUT2D eigenvalue weighted by Crippen LogP contribution is -2.39. The third-order valence-corrected chi connectivity index (χ3v) is 4.73. The monoisotopic (exact) mass is 340 g/mol. The number of para-hydroxylation sites is 1. The van der Waals surface area contributed by atoms with Gasteiger partial charge in [-0.3, -0.25) is 9.78 Å². The summed E-state index contributed by atoms with van der Waals surface area (Å²) >= 11 is 6.27. The van der Waals surface area contributed by atoms with E-state index in [1.165, 1.54) is 11.3 Å². The maximum atomic E-state index is 12.5. The largest absolute Gasteiger partial charge is 0.375 e. The van der Waals surface area contributed by atoms with E-state index in [2.05, 4.69) is 21.4 Å². The van der Waals surface area contributed by atoms with Gasteiger partial charge in [-0.2, -0.15) is 0 Å². The fraction of sp³-hybridized carbons (Fsp3) is 0.222. The van der Waals surface area contributed by atoms with Crippen LogP contribution in [0.5, 0.6) is 0 Å². The molecule has 5 nitrogen and oxygen atoms in total. The lowest BCUT2D eigenvalue weighted by atomic mass is 10.0. The third-order valence-electron chi connectivity index (χ3n) is 4.42. The predicted molar refractivity (Wildman–Crippen MR) is 95.2 cm³/mol. The highest BCUT2D eigenvalue weighted by atomic mass is 35.5. The number of anilines is 1. The van der Waals surface area contributed by atoms with Crippen LogP contribution < -0.4 is 5.32 Å². The number of H-pyrrole nitrogens is 1. The van der Waals surface area contributed by atoms with Gasteiger partial charge in [-0.15, -0.1) is 0 Å². The standard InChI is InChI=1S/C18H17ClN4O/c19-15-5-1-4-13-14-11-23(8-6-16(14)22-18(13)15)17(24)10-21-12-3-2-7-20-9-12/h1-5,7,9,21-22H,6,8,10-11H2. The summed E-state index contributed by atoms with van der Waals surface area (Å²) in [5.74, 6) is 0.0841. The van der Waals surface area contributed by atoms with Crippen LogP contribution in [-0.2, 0) is 17.8 Å². The van der Waals surface area contributed by atoms with E-state index >= 15 is 0 Å². The molecule has 24 heavy (non-hydrogen) atoms. The first-order valence-electron chi connectivity index (χ1n) is 7.92. The fourth-order valence-corrected chi connectivity index (χ4v) is 3.39. The lowest BCUT2D eigenvalue weighted by molar-refractivity contribution is -0.130. The number of aromatic amines is 1. The van der Waals surface area contributed by atoms with Crippen LogP contribution in [0.3, 0.4) is 0 Å². The molecule has 0 spiro atoms. The molecule has 0 fully saturated rings. The van der Waals surface area contributed by atoms with Gasteiger partial charge in [0.25, 0.3) is 0 Å². The molecule has 1 amide bonds. The number of nitrogens with zero attached hydrogens (tertiary/aromatic N) is 2. The summed E-state index contributed by atoms with van der Waals surface area (Å²) in [5.41, 5.74) is 4.17. The van der Waals surface area contributed by atoms with E-state index in [0.717, 1.165) is 28.0 Å². The van der Waals surface area contributed by atoms with Crippen LogP contribution in [0.15, 0.2) is 42.7 Å². The van der Waals surface area contributed by atoms with E-state index in [9.17, 15) is 4.79 Å². The first kappa shape index (κ1) is 15.0. The number of halogens is 1. The zero-order valence-corrected chi connectivity index (χ0v) is 13.8. The molecule has 2 N–H and O–H groups in total. The van der Waals surface area contributed by atoms with E-state index in [1.807, 2.05) is 29.2 Å². The number of rotatable bonds is 3. The van der Waals surface area contributed by atoms with E-state index in [1.54, 1.807) is 12.4 Å². The second kappa shape index (κ2) is 6.17. The fourth-order valence-electron chi connectivity index (χ4n) is 3.17. The van der Waals surface area contributed by atoms with Gasteiger partial charge < -0.3 is 15.2 Å². The SMILES string of the molecule is O=C(CNc1cccnc1)N1CCc2[nH]c3c(Cl)cccc3c2C1. The Morgan fingerprint density at radius 2 is 2.25 bits per heavy atom. The second-order valence-corrected chi connectivity index (χ2v) is 6.31. The normalized spacial score (nSPS) is 13.8. The molecule has 0 saturated heterocycles. The maximum absolute atomic E-state index is 12.5. The summed E-state index contributed by atoms with van der Waals surface area (Å²) in [4.78, 5) is 21.8. The number of aromatic nitrogens is 2. The second-order valence-electron chi connectivity index (χ2n) is 5.91. The Morgan fingerprint density at radius 3 is 3.08 bits per heavy atom. The molecule has 0 aliphatic carbocycles. The molecule has 3 aromatic rings. The zero-order valence-electron chi connectivity index (χ0n) is 13.1. The van der Waals surface area contributed by atoms with Gasteiger partial charge in [0.05, 0.1) is 22.8 Å².